The Morgan fingerprint density at radius 3 is 2.61 bits per heavy atom. The third-order valence-corrected chi connectivity index (χ3v) is 3.58. The first-order valence-corrected chi connectivity index (χ1v) is 6.22. The number of nitrogens with zero attached hydrogens (tertiary/aromatic N) is 1. The first-order chi connectivity index (χ1) is 8.24. The molecule has 9 heteroatoms. The van der Waals surface area contributed by atoms with E-state index in [9.17, 15) is 23.3 Å². The van der Waals surface area contributed by atoms with Crippen LogP contribution in [0, 0.1) is 10.1 Å². The number of nitro groups is 1. The molecule has 0 saturated carbocycles. The predicted octanol–water partition coefficient (Wildman–Crippen LogP) is 0.346. The fraction of sp³-hybridized carbons (Fsp3) is 0.222. The van der Waals surface area contributed by atoms with Crippen molar-refractivity contribution in [2.75, 3.05) is 0 Å². The summed E-state index contributed by atoms with van der Waals surface area (Å²) in [7, 11) is -4.10. The molecule has 0 aliphatic carbocycles. The van der Waals surface area contributed by atoms with Crippen molar-refractivity contribution in [3.8, 4) is 0 Å². The zero-order valence-electron chi connectivity index (χ0n) is 9.23. The summed E-state index contributed by atoms with van der Waals surface area (Å²) >= 11 is 0. The summed E-state index contributed by atoms with van der Waals surface area (Å²) < 4.78 is 25.3. The molecule has 8 nitrogen and oxygen atoms in total. The van der Waals surface area contributed by atoms with E-state index in [-0.39, 0.29) is 10.6 Å². The van der Waals surface area contributed by atoms with Crippen molar-refractivity contribution in [2.24, 2.45) is 0 Å². The average molecular weight is 274 g/mol. The monoisotopic (exact) mass is 274 g/mol. The fourth-order valence-corrected chi connectivity index (χ4v) is 2.35. The van der Waals surface area contributed by atoms with Gasteiger partial charge in [0.15, 0.2) is 0 Å². The smallest absolute Gasteiger partial charge is 0.321 e. The highest BCUT2D eigenvalue weighted by atomic mass is 32.2. The van der Waals surface area contributed by atoms with Crippen LogP contribution in [0.25, 0.3) is 0 Å². The summed E-state index contributed by atoms with van der Waals surface area (Å²) in [6, 6.07) is 3.02. The minimum atomic E-state index is -4.10. The van der Waals surface area contributed by atoms with E-state index in [1.807, 2.05) is 4.72 Å². The maximum absolute atomic E-state index is 11.7. The molecule has 0 amide bonds. The van der Waals surface area contributed by atoms with Crippen molar-refractivity contribution in [3.05, 3.63) is 34.4 Å². The quantitative estimate of drug-likeness (QED) is 0.589. The minimum Gasteiger partial charge on any atom is -0.480 e. The molecule has 1 aromatic carbocycles. The van der Waals surface area contributed by atoms with Crippen LogP contribution in [-0.4, -0.2) is 30.5 Å². The lowest BCUT2D eigenvalue weighted by Crippen LogP contribution is -2.38. The molecule has 0 aromatic heterocycles. The van der Waals surface area contributed by atoms with Crippen LogP contribution in [-0.2, 0) is 14.8 Å². The van der Waals surface area contributed by atoms with E-state index in [1.54, 1.807) is 0 Å². The van der Waals surface area contributed by atoms with E-state index in [0.717, 1.165) is 25.1 Å². The molecule has 1 atom stereocenters. The topological polar surface area (TPSA) is 127 Å². The highest BCUT2D eigenvalue weighted by Gasteiger charge is 2.22. The van der Waals surface area contributed by atoms with Crippen LogP contribution in [0.1, 0.15) is 6.92 Å². The molecule has 0 aliphatic rings. The van der Waals surface area contributed by atoms with Gasteiger partial charge in [-0.05, 0) is 13.0 Å². The molecule has 0 saturated heterocycles. The number of non-ortho nitro benzene ring substituents is 1. The zero-order valence-corrected chi connectivity index (χ0v) is 10.0. The largest absolute Gasteiger partial charge is 0.480 e. The van der Waals surface area contributed by atoms with E-state index in [0.29, 0.717) is 0 Å². The molecule has 98 valence electrons. The fourth-order valence-electron chi connectivity index (χ4n) is 1.12. The van der Waals surface area contributed by atoms with Crippen molar-refractivity contribution in [2.45, 2.75) is 17.9 Å². The molecule has 1 unspecified atom stereocenters. The normalized spacial score (nSPS) is 12.9. The molecule has 1 aromatic rings. The molecule has 0 aliphatic heterocycles. The second kappa shape index (κ2) is 5.10. The summed E-state index contributed by atoms with van der Waals surface area (Å²) in [5.41, 5.74) is -0.388. The number of benzene rings is 1. The van der Waals surface area contributed by atoms with E-state index >= 15 is 0 Å². The standard InChI is InChI=1S/C9H10N2O6S/c1-6(9(12)13)10-18(16,17)8-4-2-3-7(5-8)11(14)15/h2-6,10H,1H3,(H,12,13). The van der Waals surface area contributed by atoms with Crippen LogP contribution in [0.2, 0.25) is 0 Å². The van der Waals surface area contributed by atoms with Crippen molar-refractivity contribution in [3.63, 3.8) is 0 Å². The SMILES string of the molecule is CC(NS(=O)(=O)c1cccc([N+](=O)[O-])c1)C(=O)O. The first-order valence-electron chi connectivity index (χ1n) is 4.73. The van der Waals surface area contributed by atoms with Crippen LogP contribution < -0.4 is 4.72 Å². The Bertz CT molecular complexity index is 582. The van der Waals surface area contributed by atoms with Gasteiger partial charge in [-0.1, -0.05) is 6.07 Å². The second-order valence-electron chi connectivity index (χ2n) is 3.44. The van der Waals surface area contributed by atoms with E-state index in [2.05, 4.69) is 0 Å². The van der Waals surface area contributed by atoms with E-state index in [1.165, 1.54) is 6.07 Å². The maximum atomic E-state index is 11.7. The zero-order chi connectivity index (χ0) is 13.9. The Morgan fingerprint density at radius 1 is 1.50 bits per heavy atom. The minimum absolute atomic E-state index is 0.357. The Morgan fingerprint density at radius 2 is 2.11 bits per heavy atom. The van der Waals surface area contributed by atoms with Gasteiger partial charge in [-0.15, -0.1) is 0 Å². The van der Waals surface area contributed by atoms with Crippen LogP contribution in [0.3, 0.4) is 0 Å². The third-order valence-electron chi connectivity index (χ3n) is 2.04. The summed E-state index contributed by atoms with van der Waals surface area (Å²) in [6.07, 6.45) is 0. The summed E-state index contributed by atoms with van der Waals surface area (Å²) in [5.74, 6) is -1.34. The van der Waals surface area contributed by atoms with Crippen LogP contribution in [0.4, 0.5) is 5.69 Å². The van der Waals surface area contributed by atoms with Gasteiger partial charge in [0, 0.05) is 12.1 Å². The lowest BCUT2D eigenvalue weighted by atomic mass is 10.3. The lowest BCUT2D eigenvalue weighted by Gasteiger charge is -2.09. The number of nitrogens with one attached hydrogen (secondary N) is 1. The lowest BCUT2D eigenvalue weighted by molar-refractivity contribution is -0.385. The molecule has 0 spiro atoms. The number of carboxylic acids is 1. The van der Waals surface area contributed by atoms with Crippen molar-refractivity contribution < 1.29 is 23.2 Å². The number of rotatable bonds is 5. The van der Waals surface area contributed by atoms with Crippen LogP contribution >= 0.6 is 0 Å². The summed E-state index contributed by atoms with van der Waals surface area (Å²) in [5, 5.41) is 19.1. The highest BCUT2D eigenvalue weighted by molar-refractivity contribution is 7.89. The molecule has 0 radical (unpaired) electrons. The van der Waals surface area contributed by atoms with Gasteiger partial charge in [-0.25, -0.2) is 8.42 Å². The predicted molar refractivity (Wildman–Crippen MR) is 60.5 cm³/mol. The van der Waals surface area contributed by atoms with Gasteiger partial charge in [0.2, 0.25) is 10.0 Å². The molecular formula is C9H10N2O6S. The van der Waals surface area contributed by atoms with Crippen molar-refractivity contribution in [1.29, 1.82) is 0 Å². The Balaban J connectivity index is 3.09. The number of hydrogen-bond donors (Lipinski definition) is 2. The van der Waals surface area contributed by atoms with Gasteiger partial charge < -0.3 is 5.11 Å². The second-order valence-corrected chi connectivity index (χ2v) is 5.15. The molecule has 1 rings (SSSR count). The van der Waals surface area contributed by atoms with Crippen LogP contribution in [0.15, 0.2) is 29.2 Å². The number of carboxylic acid groups (broad SMARTS) is 1. The number of carbonyl (C=O) groups is 1. The Kier molecular flexibility index (Phi) is 3.99. The number of nitro benzene ring substituents is 1. The van der Waals surface area contributed by atoms with Gasteiger partial charge in [-0.3, -0.25) is 14.9 Å². The van der Waals surface area contributed by atoms with E-state index < -0.39 is 27.0 Å². The Hall–Kier alpha value is -2.00. The van der Waals surface area contributed by atoms with Gasteiger partial charge in [0.1, 0.15) is 6.04 Å². The number of hydrogen-bond acceptors (Lipinski definition) is 5. The van der Waals surface area contributed by atoms with Crippen molar-refractivity contribution in [1.82, 2.24) is 4.72 Å². The highest BCUT2D eigenvalue weighted by Crippen LogP contribution is 2.17. The molecule has 18 heavy (non-hydrogen) atoms. The number of sulfonamides is 1. The number of aliphatic carboxylic acids is 1. The molecule has 0 bridgehead atoms. The van der Waals surface area contributed by atoms with E-state index in [4.69, 9.17) is 5.11 Å². The van der Waals surface area contributed by atoms with Crippen molar-refractivity contribution >= 4 is 21.7 Å². The molecular weight excluding hydrogens is 264 g/mol. The maximum Gasteiger partial charge on any atom is 0.321 e. The molecule has 0 heterocycles. The summed E-state index contributed by atoms with van der Waals surface area (Å²) in [4.78, 5) is 20.0. The third kappa shape index (κ3) is 3.25. The van der Waals surface area contributed by atoms with Gasteiger partial charge in [0.05, 0.1) is 9.82 Å². The first kappa shape index (κ1) is 14.1. The van der Waals surface area contributed by atoms with Gasteiger partial charge in [-0.2, -0.15) is 4.72 Å². The van der Waals surface area contributed by atoms with Gasteiger partial charge >= 0.3 is 5.97 Å². The summed E-state index contributed by atoms with van der Waals surface area (Å²) in [6.45, 7) is 1.15. The van der Waals surface area contributed by atoms with Crippen LogP contribution in [0.5, 0.6) is 0 Å². The average Bonchev–Trinajstić information content (AvgIpc) is 2.28. The Labute approximate surface area is 102 Å². The van der Waals surface area contributed by atoms with Gasteiger partial charge in [0.25, 0.3) is 5.69 Å². The molecule has 0 fully saturated rings. The molecule has 2 N–H and O–H groups in total.